The third kappa shape index (κ3) is 6.49. The first-order chi connectivity index (χ1) is 18.5. The van der Waals surface area contributed by atoms with Gasteiger partial charge < -0.3 is 14.4 Å². The van der Waals surface area contributed by atoms with Gasteiger partial charge in [-0.25, -0.2) is 23.4 Å². The molecule has 1 amide bonds. The normalized spacial score (nSPS) is 18.9. The van der Waals surface area contributed by atoms with E-state index in [1.54, 1.807) is 11.0 Å². The number of carbonyl (C=O) groups is 1. The fourth-order valence-corrected chi connectivity index (χ4v) is 7.33. The van der Waals surface area contributed by atoms with Gasteiger partial charge in [-0.2, -0.15) is 4.36 Å². The van der Waals surface area contributed by atoms with Crippen molar-refractivity contribution in [2.75, 3.05) is 24.6 Å². The van der Waals surface area contributed by atoms with Crippen LogP contribution in [0.15, 0.2) is 41.0 Å². The van der Waals surface area contributed by atoms with Crippen LogP contribution in [0.1, 0.15) is 56.9 Å². The summed E-state index contributed by atoms with van der Waals surface area (Å²) < 4.78 is 43.6. The van der Waals surface area contributed by atoms with Crippen LogP contribution >= 0.6 is 0 Å². The Morgan fingerprint density at radius 2 is 1.95 bits per heavy atom. The molecule has 2 aliphatic heterocycles. The molecule has 0 bridgehead atoms. The number of ether oxygens (including phenoxy) is 2. The highest BCUT2D eigenvalue weighted by molar-refractivity contribution is 7.93. The second-order valence-corrected chi connectivity index (χ2v) is 13.9. The molecular formula is C29H35FN4O4S. The number of amides is 1. The predicted octanol–water partition coefficient (Wildman–Crippen LogP) is 5.95. The maximum absolute atomic E-state index is 14.3. The van der Waals surface area contributed by atoms with Gasteiger partial charge in [-0.3, -0.25) is 0 Å². The van der Waals surface area contributed by atoms with Gasteiger partial charge in [-0.15, -0.1) is 0 Å². The Morgan fingerprint density at radius 3 is 2.69 bits per heavy atom. The van der Waals surface area contributed by atoms with Gasteiger partial charge in [0.1, 0.15) is 29.6 Å². The second kappa shape index (κ2) is 10.7. The number of hydrogen-bond donors (Lipinski definition) is 0. The highest BCUT2D eigenvalue weighted by atomic mass is 32.2. The fraction of sp³-hybridized carbons (Fsp3) is 0.483. The molecule has 8 nitrogen and oxygen atoms in total. The number of carbonyl (C=O) groups excluding carboxylic acids is 1. The van der Waals surface area contributed by atoms with Crippen molar-refractivity contribution in [2.24, 2.45) is 4.36 Å². The van der Waals surface area contributed by atoms with Crippen molar-refractivity contribution < 1.29 is 22.9 Å². The third-order valence-electron chi connectivity index (χ3n) is 6.92. The van der Waals surface area contributed by atoms with E-state index in [2.05, 4.69) is 14.3 Å². The van der Waals surface area contributed by atoms with Crippen molar-refractivity contribution in [3.63, 3.8) is 0 Å². The number of hydrogen-bond acceptors (Lipinski definition) is 7. The van der Waals surface area contributed by atoms with Gasteiger partial charge in [-0.1, -0.05) is 6.07 Å². The van der Waals surface area contributed by atoms with E-state index in [0.717, 1.165) is 40.6 Å². The molecular weight excluding hydrogens is 519 g/mol. The number of benzene rings is 2. The van der Waals surface area contributed by atoms with E-state index in [1.807, 2.05) is 39.8 Å². The maximum Gasteiger partial charge on any atom is 0.410 e. The predicted molar refractivity (Wildman–Crippen MR) is 150 cm³/mol. The van der Waals surface area contributed by atoms with E-state index in [0.29, 0.717) is 48.9 Å². The zero-order valence-corrected chi connectivity index (χ0v) is 23.7. The molecule has 1 atom stereocenters. The second-order valence-electron chi connectivity index (χ2n) is 11.3. The van der Waals surface area contributed by atoms with E-state index in [4.69, 9.17) is 9.47 Å². The molecule has 2 aliphatic rings. The monoisotopic (exact) mass is 554 g/mol. The first-order valence-electron chi connectivity index (χ1n) is 13.4. The molecule has 3 heterocycles. The Kier molecular flexibility index (Phi) is 7.50. The molecule has 208 valence electrons. The Balaban J connectivity index is 1.38. The molecule has 2 saturated heterocycles. The minimum atomic E-state index is -2.19. The lowest BCUT2D eigenvalue weighted by Gasteiger charge is -2.24. The maximum atomic E-state index is 14.3. The third-order valence-corrected chi connectivity index (χ3v) is 9.32. The van der Waals surface area contributed by atoms with Crippen LogP contribution in [-0.4, -0.2) is 61.5 Å². The molecule has 10 heteroatoms. The minimum Gasteiger partial charge on any atom is -0.488 e. The summed E-state index contributed by atoms with van der Waals surface area (Å²) in [4.78, 5) is 23.1. The lowest BCUT2D eigenvalue weighted by Crippen LogP contribution is -2.36. The summed E-state index contributed by atoms with van der Waals surface area (Å²) in [6.45, 7) is 8.36. The number of rotatable bonds is 5. The van der Waals surface area contributed by atoms with Crippen LogP contribution in [0.25, 0.3) is 10.9 Å². The summed E-state index contributed by atoms with van der Waals surface area (Å²) in [6, 6.07) is 8.31. The molecule has 0 unspecified atom stereocenters. The van der Waals surface area contributed by atoms with Crippen LogP contribution in [0.5, 0.6) is 5.75 Å². The number of aryl methyl sites for hydroxylation is 1. The van der Waals surface area contributed by atoms with Crippen LogP contribution in [0.3, 0.4) is 0 Å². The van der Waals surface area contributed by atoms with Crippen molar-refractivity contribution in [1.82, 2.24) is 14.9 Å². The van der Waals surface area contributed by atoms with Crippen molar-refractivity contribution in [2.45, 2.75) is 65.1 Å². The quantitative estimate of drug-likeness (QED) is 0.387. The zero-order valence-electron chi connectivity index (χ0n) is 22.9. The molecule has 0 spiro atoms. The summed E-state index contributed by atoms with van der Waals surface area (Å²) >= 11 is 0. The van der Waals surface area contributed by atoms with Crippen LogP contribution in [0.4, 0.5) is 14.9 Å². The van der Waals surface area contributed by atoms with E-state index in [-0.39, 0.29) is 12.2 Å². The first kappa shape index (κ1) is 27.3. The Labute approximate surface area is 229 Å². The smallest absolute Gasteiger partial charge is 0.410 e. The fourth-order valence-electron chi connectivity index (χ4n) is 5.14. The van der Waals surface area contributed by atoms with Gasteiger partial charge in [-0.05, 0) is 64.3 Å². The van der Waals surface area contributed by atoms with E-state index in [1.165, 1.54) is 18.5 Å². The van der Waals surface area contributed by atoms with Gasteiger partial charge in [0.15, 0.2) is 0 Å². The summed E-state index contributed by atoms with van der Waals surface area (Å²) in [5.74, 6) is 1.32. The van der Waals surface area contributed by atoms with Crippen molar-refractivity contribution in [3.8, 4) is 5.75 Å². The largest absolute Gasteiger partial charge is 0.488 e. The number of aromatic nitrogens is 2. The SMILES string of the molecule is Cc1cc(N=S2(=O)CCCC2)cc2ncnc(Cc3ccc(F)cc3O[C@@H]3CCN(C(=O)OC(C)(C)C)C3)c12. The Morgan fingerprint density at radius 1 is 1.18 bits per heavy atom. The zero-order chi connectivity index (χ0) is 27.8. The number of likely N-dealkylation sites (tertiary alicyclic amines) is 1. The lowest BCUT2D eigenvalue weighted by molar-refractivity contribution is 0.0275. The highest BCUT2D eigenvalue weighted by Crippen LogP contribution is 2.32. The summed E-state index contributed by atoms with van der Waals surface area (Å²) in [6.07, 6.45) is 3.79. The molecule has 1 aromatic heterocycles. The molecule has 2 fully saturated rings. The minimum absolute atomic E-state index is 0.274. The number of nitrogens with zero attached hydrogens (tertiary/aromatic N) is 4. The molecule has 5 rings (SSSR count). The van der Waals surface area contributed by atoms with Crippen molar-refractivity contribution in [3.05, 3.63) is 59.3 Å². The lowest BCUT2D eigenvalue weighted by atomic mass is 10.0. The van der Waals surface area contributed by atoms with Gasteiger partial charge in [0.2, 0.25) is 0 Å². The van der Waals surface area contributed by atoms with E-state index >= 15 is 0 Å². The van der Waals surface area contributed by atoms with Crippen molar-refractivity contribution >= 4 is 32.4 Å². The molecule has 0 saturated carbocycles. The first-order valence-corrected chi connectivity index (χ1v) is 15.2. The van der Waals surface area contributed by atoms with Gasteiger partial charge in [0.05, 0.1) is 33.2 Å². The Hall–Kier alpha value is -3.27. The van der Waals surface area contributed by atoms with Crippen LogP contribution < -0.4 is 4.74 Å². The summed E-state index contributed by atoms with van der Waals surface area (Å²) in [5.41, 5.74) is 3.34. The molecule has 39 heavy (non-hydrogen) atoms. The molecule has 0 aliphatic carbocycles. The summed E-state index contributed by atoms with van der Waals surface area (Å²) in [5, 5.41) is 0.894. The average molecular weight is 555 g/mol. The summed E-state index contributed by atoms with van der Waals surface area (Å²) in [7, 11) is -2.19. The average Bonchev–Trinajstić information content (AvgIpc) is 3.49. The van der Waals surface area contributed by atoms with Crippen LogP contribution in [0, 0.1) is 12.7 Å². The van der Waals surface area contributed by atoms with E-state index in [9.17, 15) is 13.4 Å². The number of halogens is 1. The highest BCUT2D eigenvalue weighted by Gasteiger charge is 2.31. The standard InChI is InChI=1S/C29H35FN4O4S/c1-19-13-22(33-39(36)11-5-6-12-39)16-25-27(19)24(31-18-32-25)14-20-7-8-21(30)15-26(20)37-23-9-10-34(17-23)28(35)38-29(2,3)4/h7-8,13,15-16,18,23H,5-6,9-12,14,17H2,1-4H3/t23-/m1/s1. The van der Waals surface area contributed by atoms with Crippen molar-refractivity contribution in [1.29, 1.82) is 0 Å². The van der Waals surface area contributed by atoms with Crippen LogP contribution in [-0.2, 0) is 20.9 Å². The molecule has 2 aromatic carbocycles. The number of fused-ring (bicyclic) bond motifs is 1. The van der Waals surface area contributed by atoms with Crippen LogP contribution in [0.2, 0.25) is 0 Å². The van der Waals surface area contributed by atoms with Gasteiger partial charge in [0.25, 0.3) is 0 Å². The van der Waals surface area contributed by atoms with Gasteiger partial charge in [0, 0.05) is 47.9 Å². The topological polar surface area (TPSA) is 94.0 Å². The van der Waals surface area contributed by atoms with E-state index < -0.39 is 21.1 Å². The molecule has 3 aromatic rings. The van der Waals surface area contributed by atoms with Gasteiger partial charge >= 0.3 is 6.09 Å². The molecule has 0 N–H and O–H groups in total. The molecule has 0 radical (unpaired) electrons. The Bertz CT molecular complexity index is 1520.